The predicted molar refractivity (Wildman–Crippen MR) is 73.6 cm³/mol. The van der Waals surface area contributed by atoms with Gasteiger partial charge in [-0.1, -0.05) is 13.8 Å². The maximum Gasteiger partial charge on any atom is 0.289 e. The van der Waals surface area contributed by atoms with Crippen molar-refractivity contribution in [3.8, 4) is 0 Å². The van der Waals surface area contributed by atoms with Crippen LogP contribution in [0.2, 0.25) is 0 Å². The number of furan rings is 1. The molecule has 0 radical (unpaired) electrons. The van der Waals surface area contributed by atoms with E-state index in [0.717, 1.165) is 32.6 Å². The molecule has 0 bridgehead atoms. The third-order valence-electron chi connectivity index (χ3n) is 3.56. The van der Waals surface area contributed by atoms with E-state index in [1.54, 1.807) is 12.1 Å². The Morgan fingerprint density at radius 1 is 1.50 bits per heavy atom. The largest absolute Gasteiger partial charge is 0.444 e. The van der Waals surface area contributed by atoms with E-state index in [2.05, 4.69) is 34.7 Å². The number of hydrogen-bond acceptors (Lipinski definition) is 3. The van der Waals surface area contributed by atoms with Gasteiger partial charge in [-0.05, 0) is 47.6 Å². The Morgan fingerprint density at radius 3 is 2.78 bits per heavy atom. The Kier molecular flexibility index (Phi) is 4.45. The van der Waals surface area contributed by atoms with Crippen LogP contribution >= 0.6 is 15.9 Å². The molecule has 18 heavy (non-hydrogen) atoms. The van der Waals surface area contributed by atoms with E-state index in [1.165, 1.54) is 0 Å². The lowest BCUT2D eigenvalue weighted by molar-refractivity contribution is 0.0745. The quantitative estimate of drug-likeness (QED) is 0.857. The summed E-state index contributed by atoms with van der Waals surface area (Å²) in [6.07, 6.45) is 1.05. The molecule has 5 heteroatoms. The summed E-state index contributed by atoms with van der Waals surface area (Å²) < 4.78 is 5.92. The van der Waals surface area contributed by atoms with E-state index in [4.69, 9.17) is 4.42 Å². The number of carbonyl (C=O) groups excluding carboxylic acids is 1. The molecule has 1 aromatic rings. The average Bonchev–Trinajstić information content (AvgIpc) is 2.99. The molecule has 2 rings (SSSR count). The molecule has 0 aliphatic carbocycles. The molecule has 1 aliphatic rings. The number of hydrogen-bond donors (Lipinski definition) is 0. The van der Waals surface area contributed by atoms with Crippen molar-refractivity contribution in [3.05, 3.63) is 22.6 Å². The Balaban J connectivity index is 1.98. The van der Waals surface area contributed by atoms with E-state index in [0.29, 0.717) is 16.5 Å². The fourth-order valence-electron chi connectivity index (χ4n) is 2.55. The molecule has 1 aliphatic heterocycles. The highest BCUT2D eigenvalue weighted by Gasteiger charge is 2.30. The Bertz CT molecular complexity index is 415. The third-order valence-corrected chi connectivity index (χ3v) is 3.99. The molecular formula is C13H19BrN2O2. The molecule has 0 aromatic carbocycles. The first-order chi connectivity index (χ1) is 8.65. The van der Waals surface area contributed by atoms with Gasteiger partial charge < -0.3 is 9.32 Å². The van der Waals surface area contributed by atoms with Crippen molar-refractivity contribution in [3.63, 3.8) is 0 Å². The zero-order valence-electron chi connectivity index (χ0n) is 10.9. The minimum atomic E-state index is -0.00430. The van der Waals surface area contributed by atoms with Gasteiger partial charge in [0.2, 0.25) is 0 Å². The van der Waals surface area contributed by atoms with Crippen LogP contribution in [0.25, 0.3) is 0 Å². The Hall–Kier alpha value is -0.810. The van der Waals surface area contributed by atoms with Crippen LogP contribution in [0.4, 0.5) is 0 Å². The lowest BCUT2D eigenvalue weighted by Gasteiger charge is -2.25. The molecule has 0 N–H and O–H groups in total. The highest BCUT2D eigenvalue weighted by Crippen LogP contribution is 2.20. The van der Waals surface area contributed by atoms with Crippen LogP contribution in [0.15, 0.2) is 21.2 Å². The first-order valence-corrected chi connectivity index (χ1v) is 7.23. The van der Waals surface area contributed by atoms with Gasteiger partial charge in [-0.15, -0.1) is 0 Å². The fourth-order valence-corrected chi connectivity index (χ4v) is 2.86. The van der Waals surface area contributed by atoms with Crippen molar-refractivity contribution >= 4 is 21.8 Å². The molecule has 1 amide bonds. The van der Waals surface area contributed by atoms with E-state index < -0.39 is 0 Å². The van der Waals surface area contributed by atoms with Crippen LogP contribution in [0, 0.1) is 0 Å². The topological polar surface area (TPSA) is 36.7 Å². The Morgan fingerprint density at radius 2 is 2.22 bits per heavy atom. The minimum absolute atomic E-state index is 0.00430. The van der Waals surface area contributed by atoms with Crippen LogP contribution in [-0.4, -0.2) is 47.9 Å². The molecule has 4 nitrogen and oxygen atoms in total. The zero-order valence-corrected chi connectivity index (χ0v) is 12.4. The van der Waals surface area contributed by atoms with E-state index in [-0.39, 0.29) is 5.91 Å². The predicted octanol–water partition coefficient (Wildman–Crippen LogP) is 2.60. The molecule has 0 saturated carbocycles. The second-order valence-corrected chi connectivity index (χ2v) is 5.30. The summed E-state index contributed by atoms with van der Waals surface area (Å²) in [5, 5.41) is 0. The van der Waals surface area contributed by atoms with Gasteiger partial charge in [0.05, 0.1) is 0 Å². The van der Waals surface area contributed by atoms with Crippen LogP contribution in [0.3, 0.4) is 0 Å². The highest BCUT2D eigenvalue weighted by molar-refractivity contribution is 9.10. The second-order valence-electron chi connectivity index (χ2n) is 4.52. The number of rotatable bonds is 4. The smallest absolute Gasteiger partial charge is 0.289 e. The number of halogens is 1. The fraction of sp³-hybridized carbons (Fsp3) is 0.615. The van der Waals surface area contributed by atoms with Crippen molar-refractivity contribution < 1.29 is 9.21 Å². The summed E-state index contributed by atoms with van der Waals surface area (Å²) in [5.41, 5.74) is 0. The maximum absolute atomic E-state index is 12.2. The number of likely N-dealkylation sites (N-methyl/N-ethyl adjacent to an activating group) is 1. The molecular weight excluding hydrogens is 296 g/mol. The van der Waals surface area contributed by atoms with Crippen molar-refractivity contribution in [2.45, 2.75) is 26.3 Å². The molecule has 1 aromatic heterocycles. The maximum atomic E-state index is 12.2. The number of carbonyl (C=O) groups is 1. The van der Waals surface area contributed by atoms with Crippen LogP contribution in [0.5, 0.6) is 0 Å². The van der Waals surface area contributed by atoms with Gasteiger partial charge in [-0.2, -0.15) is 0 Å². The van der Waals surface area contributed by atoms with Crippen molar-refractivity contribution in [1.82, 2.24) is 9.80 Å². The lowest BCUT2D eigenvalue weighted by Crippen LogP contribution is -2.38. The zero-order chi connectivity index (χ0) is 13.1. The van der Waals surface area contributed by atoms with Gasteiger partial charge >= 0.3 is 0 Å². The average molecular weight is 315 g/mol. The van der Waals surface area contributed by atoms with Crippen LogP contribution in [-0.2, 0) is 0 Å². The highest BCUT2D eigenvalue weighted by atomic mass is 79.9. The van der Waals surface area contributed by atoms with Gasteiger partial charge in [0.25, 0.3) is 5.91 Å². The monoisotopic (exact) mass is 314 g/mol. The van der Waals surface area contributed by atoms with Crippen molar-refractivity contribution in [2.75, 3.05) is 26.2 Å². The normalized spacial score (nSPS) is 19.8. The van der Waals surface area contributed by atoms with Gasteiger partial charge in [0, 0.05) is 19.1 Å². The number of nitrogens with zero attached hydrogens (tertiary/aromatic N) is 2. The minimum Gasteiger partial charge on any atom is -0.444 e. The standard InChI is InChI=1S/C13H19BrN2O2/c1-3-15(4-2)10-7-8-16(9-10)13(17)11-5-6-12(14)18-11/h5-6,10H,3-4,7-9H2,1-2H3. The third kappa shape index (κ3) is 2.78. The van der Waals surface area contributed by atoms with Crippen molar-refractivity contribution in [2.24, 2.45) is 0 Å². The van der Waals surface area contributed by atoms with Crippen LogP contribution in [0.1, 0.15) is 30.8 Å². The SMILES string of the molecule is CCN(CC)C1CCN(C(=O)c2ccc(Br)o2)C1. The lowest BCUT2D eigenvalue weighted by atomic mass is 10.2. The summed E-state index contributed by atoms with van der Waals surface area (Å²) in [5.74, 6) is 0.414. The number of amides is 1. The second kappa shape index (κ2) is 5.89. The molecule has 1 saturated heterocycles. The molecule has 0 spiro atoms. The molecule has 1 fully saturated rings. The van der Waals surface area contributed by atoms with Crippen molar-refractivity contribution in [1.29, 1.82) is 0 Å². The van der Waals surface area contributed by atoms with E-state index in [1.807, 2.05) is 4.90 Å². The summed E-state index contributed by atoms with van der Waals surface area (Å²) in [7, 11) is 0. The van der Waals surface area contributed by atoms with Gasteiger partial charge in [0.15, 0.2) is 10.4 Å². The molecule has 1 unspecified atom stereocenters. The van der Waals surface area contributed by atoms with E-state index >= 15 is 0 Å². The Labute approximate surface area is 116 Å². The van der Waals surface area contributed by atoms with Gasteiger partial charge in [-0.3, -0.25) is 9.69 Å². The van der Waals surface area contributed by atoms with Crippen LogP contribution < -0.4 is 0 Å². The number of likely N-dealkylation sites (tertiary alicyclic amines) is 1. The van der Waals surface area contributed by atoms with Gasteiger partial charge in [-0.25, -0.2) is 0 Å². The molecule has 1 atom stereocenters. The summed E-state index contributed by atoms with van der Waals surface area (Å²) in [4.78, 5) is 16.5. The van der Waals surface area contributed by atoms with Gasteiger partial charge in [0.1, 0.15) is 0 Å². The first kappa shape index (κ1) is 13.6. The van der Waals surface area contributed by atoms with E-state index in [9.17, 15) is 4.79 Å². The molecule has 100 valence electrons. The summed E-state index contributed by atoms with van der Waals surface area (Å²) in [6, 6.07) is 3.96. The molecule has 2 heterocycles. The summed E-state index contributed by atoms with van der Waals surface area (Å²) in [6.45, 7) is 8.03. The summed E-state index contributed by atoms with van der Waals surface area (Å²) >= 11 is 3.22. The first-order valence-electron chi connectivity index (χ1n) is 6.44.